The highest BCUT2D eigenvalue weighted by atomic mass is 32.1. The van der Waals surface area contributed by atoms with E-state index in [1.807, 2.05) is 6.82 Å². The molecular formula is C17H12BF3N4O2S. The van der Waals surface area contributed by atoms with E-state index in [9.17, 15) is 18.0 Å². The van der Waals surface area contributed by atoms with E-state index in [0.717, 1.165) is 22.9 Å². The number of benzene rings is 2. The van der Waals surface area contributed by atoms with Gasteiger partial charge < -0.3 is 10.1 Å². The van der Waals surface area contributed by atoms with Gasteiger partial charge in [0.05, 0.1) is 16.3 Å². The summed E-state index contributed by atoms with van der Waals surface area (Å²) in [6, 6.07) is 10.2. The Hall–Kier alpha value is -3.26. The topological polar surface area (TPSA) is 87.0 Å². The van der Waals surface area contributed by atoms with E-state index < -0.39 is 12.4 Å². The molecule has 28 heavy (non-hydrogen) atoms. The zero-order valence-electron chi connectivity index (χ0n) is 14.4. The van der Waals surface area contributed by atoms with Crippen molar-refractivity contribution in [1.29, 1.82) is 5.26 Å². The van der Waals surface area contributed by atoms with E-state index in [1.54, 1.807) is 18.2 Å². The Morgan fingerprint density at radius 2 is 2.04 bits per heavy atom. The van der Waals surface area contributed by atoms with Crippen molar-refractivity contribution < 1.29 is 22.7 Å². The number of hydrogen-bond donors (Lipinski definition) is 2. The van der Waals surface area contributed by atoms with Gasteiger partial charge in [-0.15, -0.1) is 13.2 Å². The summed E-state index contributed by atoms with van der Waals surface area (Å²) in [5, 5.41) is 14.5. The monoisotopic (exact) mass is 404 g/mol. The molecule has 0 saturated heterocycles. The van der Waals surface area contributed by atoms with Crippen molar-refractivity contribution in [3.8, 4) is 11.8 Å². The molecule has 2 N–H and O–H groups in total. The van der Waals surface area contributed by atoms with Crippen molar-refractivity contribution in [3.05, 3.63) is 42.0 Å². The highest BCUT2D eigenvalue weighted by molar-refractivity contribution is 7.22. The molecule has 6 nitrogen and oxygen atoms in total. The minimum Gasteiger partial charge on any atom is -0.406 e. The van der Waals surface area contributed by atoms with Gasteiger partial charge in [-0.1, -0.05) is 29.7 Å². The number of anilines is 2. The number of carbonyl (C=O) groups is 1. The largest absolute Gasteiger partial charge is 0.573 e. The lowest BCUT2D eigenvalue weighted by Crippen LogP contribution is -2.21. The summed E-state index contributed by atoms with van der Waals surface area (Å²) in [7, 11) is 0.696. The van der Waals surface area contributed by atoms with Crippen LogP contribution < -0.4 is 20.8 Å². The van der Waals surface area contributed by atoms with E-state index in [0.29, 0.717) is 28.7 Å². The van der Waals surface area contributed by atoms with Crippen molar-refractivity contribution in [1.82, 2.24) is 4.98 Å². The SMILES string of the molecule is CBc1ccc(NC(=O)Nc2nc3ccc(OC(F)(F)F)cc3s2)cc1C#N. The Balaban J connectivity index is 1.72. The third kappa shape index (κ3) is 4.72. The number of halogens is 3. The third-order valence-corrected chi connectivity index (χ3v) is 4.62. The average molecular weight is 404 g/mol. The molecule has 0 spiro atoms. The molecule has 3 rings (SSSR count). The zero-order valence-corrected chi connectivity index (χ0v) is 15.2. The molecule has 2 amide bonds. The fourth-order valence-electron chi connectivity index (χ4n) is 2.48. The van der Waals surface area contributed by atoms with Gasteiger partial charge in [0.15, 0.2) is 12.4 Å². The molecule has 11 heteroatoms. The maximum atomic E-state index is 12.3. The molecular weight excluding hydrogens is 392 g/mol. The molecule has 1 aromatic heterocycles. The van der Waals surface area contributed by atoms with Crippen LogP contribution in [0.1, 0.15) is 5.56 Å². The molecule has 0 radical (unpaired) electrons. The second-order valence-electron chi connectivity index (χ2n) is 5.61. The van der Waals surface area contributed by atoms with Crippen LogP contribution in [0.25, 0.3) is 10.2 Å². The van der Waals surface area contributed by atoms with Crippen LogP contribution in [0, 0.1) is 11.3 Å². The summed E-state index contributed by atoms with van der Waals surface area (Å²) < 4.78 is 41.2. The minimum atomic E-state index is -4.78. The number of carbonyl (C=O) groups excluding carboxylic acids is 1. The summed E-state index contributed by atoms with van der Waals surface area (Å²) in [5.74, 6) is -0.361. The predicted molar refractivity (Wildman–Crippen MR) is 103 cm³/mol. The normalized spacial score (nSPS) is 11.0. The maximum absolute atomic E-state index is 12.3. The number of fused-ring (bicyclic) bond motifs is 1. The quantitative estimate of drug-likeness (QED) is 0.648. The van der Waals surface area contributed by atoms with Crippen LogP contribution in [0.2, 0.25) is 6.82 Å². The fraction of sp³-hybridized carbons (Fsp3) is 0.118. The van der Waals surface area contributed by atoms with E-state index in [-0.39, 0.29) is 10.9 Å². The van der Waals surface area contributed by atoms with Crippen LogP contribution in [0.3, 0.4) is 0 Å². The Morgan fingerprint density at radius 3 is 2.71 bits per heavy atom. The predicted octanol–water partition coefficient (Wildman–Crippen LogP) is 3.82. The van der Waals surface area contributed by atoms with E-state index >= 15 is 0 Å². The van der Waals surface area contributed by atoms with Crippen molar-refractivity contribution in [3.63, 3.8) is 0 Å². The van der Waals surface area contributed by atoms with Gasteiger partial charge >= 0.3 is 12.4 Å². The van der Waals surface area contributed by atoms with Gasteiger partial charge in [0, 0.05) is 17.3 Å². The number of aromatic nitrogens is 1. The van der Waals surface area contributed by atoms with E-state index in [4.69, 9.17) is 5.26 Å². The molecule has 0 saturated carbocycles. The molecule has 142 valence electrons. The first-order valence-corrected chi connectivity index (χ1v) is 8.86. The molecule has 0 bridgehead atoms. The van der Waals surface area contributed by atoms with Crippen molar-refractivity contribution in [2.75, 3.05) is 10.6 Å². The standard InChI is InChI=1S/C17H12BF3N4O2S/c1-18-12-4-2-10(6-9(12)8-22)23-15(26)25-16-24-13-5-3-11(7-14(13)28-16)27-17(19,20)21/h2-7,18H,1H3,(H2,23,24,25,26). The van der Waals surface area contributed by atoms with Crippen LogP contribution in [0.4, 0.5) is 28.8 Å². The number of hydrogen-bond acceptors (Lipinski definition) is 5. The lowest BCUT2D eigenvalue weighted by molar-refractivity contribution is -0.274. The summed E-state index contributed by atoms with van der Waals surface area (Å²) in [6.07, 6.45) is -4.78. The first-order chi connectivity index (χ1) is 13.3. The van der Waals surface area contributed by atoms with Crippen LogP contribution >= 0.6 is 11.3 Å². The number of nitriles is 1. The molecule has 1 heterocycles. The maximum Gasteiger partial charge on any atom is 0.573 e. The van der Waals surface area contributed by atoms with Crippen LogP contribution in [0.5, 0.6) is 5.75 Å². The number of urea groups is 1. The second-order valence-corrected chi connectivity index (χ2v) is 6.64. The lowest BCUT2D eigenvalue weighted by Gasteiger charge is -2.07. The van der Waals surface area contributed by atoms with E-state index in [2.05, 4.69) is 26.4 Å². The van der Waals surface area contributed by atoms with Crippen molar-refractivity contribution in [2.45, 2.75) is 13.2 Å². The van der Waals surface area contributed by atoms with Gasteiger partial charge in [-0.05, 0) is 24.3 Å². The average Bonchev–Trinajstić information content (AvgIpc) is 3.01. The summed E-state index contributed by atoms with van der Waals surface area (Å²) >= 11 is 1.01. The number of thiazole rings is 1. The number of alkyl halides is 3. The number of rotatable bonds is 4. The fourth-order valence-corrected chi connectivity index (χ4v) is 3.37. The zero-order chi connectivity index (χ0) is 20.3. The minimum absolute atomic E-state index is 0.211. The Morgan fingerprint density at radius 1 is 1.25 bits per heavy atom. The molecule has 2 aromatic carbocycles. The summed E-state index contributed by atoms with van der Waals surface area (Å²) in [5.41, 5.74) is 2.20. The Kier molecular flexibility index (Phi) is 5.42. The third-order valence-electron chi connectivity index (χ3n) is 3.68. The van der Waals surface area contributed by atoms with Gasteiger partial charge in [-0.25, -0.2) is 9.78 Å². The molecule has 0 aliphatic heterocycles. The van der Waals surface area contributed by atoms with Crippen LogP contribution in [-0.2, 0) is 0 Å². The van der Waals surface area contributed by atoms with E-state index in [1.165, 1.54) is 12.1 Å². The first-order valence-electron chi connectivity index (χ1n) is 8.05. The molecule has 3 aromatic rings. The molecule has 0 unspecified atom stereocenters. The Bertz CT molecular complexity index is 1080. The van der Waals surface area contributed by atoms with Crippen molar-refractivity contribution in [2.24, 2.45) is 0 Å². The molecule has 0 aliphatic rings. The second kappa shape index (κ2) is 7.78. The molecule has 0 fully saturated rings. The summed E-state index contributed by atoms with van der Waals surface area (Å²) in [6.45, 7) is 1.92. The highest BCUT2D eigenvalue weighted by Crippen LogP contribution is 2.31. The van der Waals surface area contributed by atoms with Gasteiger partial charge in [0.2, 0.25) is 0 Å². The Labute approximate surface area is 162 Å². The van der Waals surface area contributed by atoms with Crippen LogP contribution in [-0.4, -0.2) is 24.7 Å². The molecule has 0 atom stereocenters. The smallest absolute Gasteiger partial charge is 0.406 e. The lowest BCUT2D eigenvalue weighted by atomic mass is 9.71. The van der Waals surface area contributed by atoms with Crippen molar-refractivity contribution >= 4 is 51.1 Å². The van der Waals surface area contributed by atoms with Gasteiger partial charge in [0.25, 0.3) is 0 Å². The number of nitrogens with zero attached hydrogens (tertiary/aromatic N) is 2. The number of amides is 2. The summed E-state index contributed by atoms with van der Waals surface area (Å²) in [4.78, 5) is 16.3. The first kappa shape index (κ1) is 19.5. The van der Waals surface area contributed by atoms with Gasteiger partial charge in [-0.3, -0.25) is 5.32 Å². The van der Waals surface area contributed by atoms with Gasteiger partial charge in [-0.2, -0.15) is 5.26 Å². The number of ether oxygens (including phenoxy) is 1. The van der Waals surface area contributed by atoms with Gasteiger partial charge in [0.1, 0.15) is 5.75 Å². The highest BCUT2D eigenvalue weighted by Gasteiger charge is 2.31. The number of nitrogens with one attached hydrogen (secondary N) is 2. The van der Waals surface area contributed by atoms with Crippen LogP contribution in [0.15, 0.2) is 36.4 Å². The molecule has 0 aliphatic carbocycles.